The van der Waals surface area contributed by atoms with Crippen LogP contribution in [0.2, 0.25) is 0 Å². The Balaban J connectivity index is 2.99. The van der Waals surface area contributed by atoms with Gasteiger partial charge in [0.1, 0.15) is 0 Å². The normalized spacial score (nSPS) is 13.5. The molecule has 0 saturated heterocycles. The minimum Gasteiger partial charge on any atom is -0.392 e. The zero-order valence-corrected chi connectivity index (χ0v) is 9.75. The summed E-state index contributed by atoms with van der Waals surface area (Å²) >= 11 is 0. The van der Waals surface area contributed by atoms with Crippen molar-refractivity contribution in [1.82, 2.24) is 5.32 Å². The Morgan fingerprint density at radius 1 is 1.29 bits per heavy atom. The molecular weight excluding hydrogens is 178 g/mol. The minimum atomic E-state index is -0.217. The van der Waals surface area contributed by atoms with E-state index in [2.05, 4.69) is 19.2 Å². The molecule has 3 nitrogen and oxygen atoms in total. The molecule has 0 aromatic carbocycles. The molecule has 0 radical (unpaired) electrons. The standard InChI is InChI=1S/C11H25NO2/c1-4-11(13)9-12-6-8-14-7-5-10(2)3/h10-13H,4-9H2,1-3H3. The number of ether oxygens (including phenoxy) is 1. The molecule has 14 heavy (non-hydrogen) atoms. The smallest absolute Gasteiger partial charge is 0.0662 e. The molecule has 1 unspecified atom stereocenters. The quantitative estimate of drug-likeness (QED) is 0.557. The van der Waals surface area contributed by atoms with Crippen molar-refractivity contribution in [1.29, 1.82) is 0 Å². The van der Waals surface area contributed by atoms with Gasteiger partial charge in [0.2, 0.25) is 0 Å². The third-order valence-corrected chi connectivity index (χ3v) is 2.11. The van der Waals surface area contributed by atoms with Crippen LogP contribution in [0, 0.1) is 5.92 Å². The van der Waals surface area contributed by atoms with Crippen molar-refractivity contribution >= 4 is 0 Å². The van der Waals surface area contributed by atoms with Crippen molar-refractivity contribution in [3.8, 4) is 0 Å². The topological polar surface area (TPSA) is 41.5 Å². The average molecular weight is 203 g/mol. The molecule has 0 fully saturated rings. The van der Waals surface area contributed by atoms with Crippen LogP contribution in [0.15, 0.2) is 0 Å². The van der Waals surface area contributed by atoms with E-state index in [9.17, 15) is 5.11 Å². The van der Waals surface area contributed by atoms with Gasteiger partial charge in [0, 0.05) is 19.7 Å². The predicted octanol–water partition coefficient (Wildman–Crippen LogP) is 1.41. The minimum absolute atomic E-state index is 0.217. The Labute approximate surface area is 87.8 Å². The summed E-state index contributed by atoms with van der Waals surface area (Å²) in [7, 11) is 0. The fourth-order valence-electron chi connectivity index (χ4n) is 0.978. The molecule has 1 atom stereocenters. The number of hydrogen-bond acceptors (Lipinski definition) is 3. The molecule has 3 heteroatoms. The van der Waals surface area contributed by atoms with Gasteiger partial charge in [0.15, 0.2) is 0 Å². The lowest BCUT2D eigenvalue weighted by molar-refractivity contribution is 0.118. The number of nitrogens with one attached hydrogen (secondary N) is 1. The zero-order valence-electron chi connectivity index (χ0n) is 9.75. The van der Waals surface area contributed by atoms with E-state index in [4.69, 9.17) is 4.74 Å². The van der Waals surface area contributed by atoms with Crippen LogP contribution in [-0.4, -0.2) is 37.5 Å². The maximum absolute atomic E-state index is 9.23. The molecule has 0 aromatic heterocycles. The highest BCUT2D eigenvalue weighted by molar-refractivity contribution is 4.56. The summed E-state index contributed by atoms with van der Waals surface area (Å²) < 4.78 is 5.42. The molecule has 0 aliphatic rings. The van der Waals surface area contributed by atoms with E-state index < -0.39 is 0 Å². The second-order valence-electron chi connectivity index (χ2n) is 4.06. The van der Waals surface area contributed by atoms with Crippen LogP contribution in [0.3, 0.4) is 0 Å². The fourth-order valence-corrected chi connectivity index (χ4v) is 0.978. The van der Waals surface area contributed by atoms with Crippen molar-refractivity contribution in [2.75, 3.05) is 26.3 Å². The molecule has 0 amide bonds. The van der Waals surface area contributed by atoms with Gasteiger partial charge in [0.25, 0.3) is 0 Å². The summed E-state index contributed by atoms with van der Waals surface area (Å²) in [4.78, 5) is 0. The maximum atomic E-state index is 9.23. The van der Waals surface area contributed by atoms with E-state index in [-0.39, 0.29) is 6.10 Å². The van der Waals surface area contributed by atoms with Crippen molar-refractivity contribution < 1.29 is 9.84 Å². The maximum Gasteiger partial charge on any atom is 0.0662 e. The Kier molecular flexibility index (Phi) is 9.35. The molecule has 2 N–H and O–H groups in total. The first-order valence-electron chi connectivity index (χ1n) is 5.63. The first-order valence-corrected chi connectivity index (χ1v) is 5.63. The first-order chi connectivity index (χ1) is 6.66. The van der Waals surface area contributed by atoms with E-state index >= 15 is 0 Å². The molecule has 0 aromatic rings. The lowest BCUT2D eigenvalue weighted by Gasteiger charge is -2.10. The Morgan fingerprint density at radius 2 is 2.00 bits per heavy atom. The Hall–Kier alpha value is -0.120. The fraction of sp³-hybridized carbons (Fsp3) is 1.00. The van der Waals surface area contributed by atoms with Gasteiger partial charge in [-0.2, -0.15) is 0 Å². The van der Waals surface area contributed by atoms with Crippen LogP contribution in [0.25, 0.3) is 0 Å². The van der Waals surface area contributed by atoms with E-state index in [1.807, 2.05) is 6.92 Å². The Bertz CT molecular complexity index is 118. The largest absolute Gasteiger partial charge is 0.392 e. The van der Waals surface area contributed by atoms with Crippen LogP contribution in [0.1, 0.15) is 33.6 Å². The summed E-state index contributed by atoms with van der Waals surface area (Å²) in [6.07, 6.45) is 1.71. The molecule has 86 valence electrons. The van der Waals surface area contributed by atoms with Gasteiger partial charge in [-0.3, -0.25) is 0 Å². The van der Waals surface area contributed by atoms with E-state index in [0.717, 1.165) is 32.6 Å². The van der Waals surface area contributed by atoms with Crippen LogP contribution in [-0.2, 0) is 4.74 Å². The van der Waals surface area contributed by atoms with Crippen molar-refractivity contribution in [3.63, 3.8) is 0 Å². The first kappa shape index (κ1) is 13.9. The van der Waals surface area contributed by atoms with Gasteiger partial charge >= 0.3 is 0 Å². The van der Waals surface area contributed by atoms with E-state index in [1.165, 1.54) is 0 Å². The summed E-state index contributed by atoms with van der Waals surface area (Å²) in [5.41, 5.74) is 0. The van der Waals surface area contributed by atoms with Gasteiger partial charge in [-0.1, -0.05) is 20.8 Å². The number of aliphatic hydroxyl groups excluding tert-OH is 1. The molecule has 0 aliphatic carbocycles. The lowest BCUT2D eigenvalue weighted by Crippen LogP contribution is -2.29. The lowest BCUT2D eigenvalue weighted by atomic mass is 10.1. The monoisotopic (exact) mass is 203 g/mol. The van der Waals surface area contributed by atoms with Crippen LogP contribution < -0.4 is 5.32 Å². The highest BCUT2D eigenvalue weighted by Crippen LogP contribution is 1.98. The van der Waals surface area contributed by atoms with Crippen molar-refractivity contribution in [2.45, 2.75) is 39.7 Å². The molecule has 0 aliphatic heterocycles. The van der Waals surface area contributed by atoms with Crippen molar-refractivity contribution in [3.05, 3.63) is 0 Å². The molecular formula is C11H25NO2. The van der Waals surface area contributed by atoms with Crippen LogP contribution >= 0.6 is 0 Å². The molecule has 0 saturated carbocycles. The zero-order chi connectivity index (χ0) is 10.8. The second kappa shape index (κ2) is 9.44. The van der Waals surface area contributed by atoms with Crippen LogP contribution in [0.5, 0.6) is 0 Å². The number of aliphatic hydroxyl groups is 1. The second-order valence-corrected chi connectivity index (χ2v) is 4.06. The third kappa shape index (κ3) is 9.96. The van der Waals surface area contributed by atoms with Gasteiger partial charge in [-0.05, 0) is 18.8 Å². The third-order valence-electron chi connectivity index (χ3n) is 2.11. The number of hydrogen-bond donors (Lipinski definition) is 2. The summed E-state index contributed by atoms with van der Waals surface area (Å²) in [6.45, 7) is 9.45. The Morgan fingerprint density at radius 3 is 2.57 bits per heavy atom. The summed E-state index contributed by atoms with van der Waals surface area (Å²) in [6, 6.07) is 0. The van der Waals surface area contributed by atoms with Gasteiger partial charge < -0.3 is 15.2 Å². The summed E-state index contributed by atoms with van der Waals surface area (Å²) in [5, 5.41) is 12.4. The highest BCUT2D eigenvalue weighted by atomic mass is 16.5. The van der Waals surface area contributed by atoms with E-state index in [1.54, 1.807) is 0 Å². The molecule has 0 heterocycles. The van der Waals surface area contributed by atoms with Crippen LogP contribution in [0.4, 0.5) is 0 Å². The summed E-state index contributed by atoms with van der Waals surface area (Å²) in [5.74, 6) is 0.713. The predicted molar refractivity (Wildman–Crippen MR) is 59.4 cm³/mol. The van der Waals surface area contributed by atoms with Gasteiger partial charge in [0.05, 0.1) is 12.7 Å². The van der Waals surface area contributed by atoms with Gasteiger partial charge in [-0.25, -0.2) is 0 Å². The molecule has 0 spiro atoms. The SMILES string of the molecule is CCC(O)CNCCOCCC(C)C. The molecule has 0 bridgehead atoms. The molecule has 0 rings (SSSR count). The van der Waals surface area contributed by atoms with Crippen molar-refractivity contribution in [2.24, 2.45) is 5.92 Å². The van der Waals surface area contributed by atoms with E-state index in [0.29, 0.717) is 12.5 Å². The highest BCUT2D eigenvalue weighted by Gasteiger charge is 1.98. The number of rotatable bonds is 9. The average Bonchev–Trinajstić information content (AvgIpc) is 2.15. The van der Waals surface area contributed by atoms with Gasteiger partial charge in [-0.15, -0.1) is 0 Å².